The van der Waals surface area contributed by atoms with Crippen molar-refractivity contribution < 1.29 is 9.53 Å². The zero-order valence-corrected chi connectivity index (χ0v) is 19.0. The van der Waals surface area contributed by atoms with Gasteiger partial charge in [-0.15, -0.1) is 0 Å². The molecule has 1 saturated heterocycles. The van der Waals surface area contributed by atoms with Gasteiger partial charge < -0.3 is 10.1 Å². The highest BCUT2D eigenvalue weighted by Crippen LogP contribution is 2.32. The van der Waals surface area contributed by atoms with E-state index in [1.54, 1.807) is 4.90 Å². The molecule has 0 unspecified atom stereocenters. The molecule has 1 amide bonds. The molecule has 0 aromatic heterocycles. The highest BCUT2D eigenvalue weighted by Gasteiger charge is 2.31. The van der Waals surface area contributed by atoms with E-state index in [0.717, 1.165) is 27.2 Å². The molecular formula is C23H17BrN2O2S2. The van der Waals surface area contributed by atoms with Crippen molar-refractivity contribution in [2.24, 2.45) is 0 Å². The highest BCUT2D eigenvalue weighted by molar-refractivity contribution is 9.10. The molecule has 3 aromatic rings. The van der Waals surface area contributed by atoms with Crippen molar-refractivity contribution in [3.05, 3.63) is 93.8 Å². The first kappa shape index (κ1) is 20.7. The molecule has 0 radical (unpaired) electrons. The molecule has 0 atom stereocenters. The first-order valence-corrected chi connectivity index (χ1v) is 11.2. The summed E-state index contributed by atoms with van der Waals surface area (Å²) in [6, 6.07) is 25.0. The minimum Gasteiger partial charge on any atom is -0.457 e. The molecule has 1 heterocycles. The molecule has 0 bridgehead atoms. The van der Waals surface area contributed by atoms with Crippen LogP contribution in [0.2, 0.25) is 0 Å². The third kappa shape index (κ3) is 5.11. The molecule has 4 nitrogen and oxygen atoms in total. The van der Waals surface area contributed by atoms with Crippen LogP contribution in [-0.4, -0.2) is 21.8 Å². The van der Waals surface area contributed by atoms with E-state index in [4.69, 9.17) is 17.0 Å². The SMILES string of the molecule is O=C1/C(=C\c2ccc(Br)cc2)SC(=S)N1CNc1ccc(Oc2ccccc2)cc1. The fraction of sp³-hybridized carbons (Fsp3) is 0.0435. The van der Waals surface area contributed by atoms with Gasteiger partial charge in [-0.25, -0.2) is 0 Å². The quantitative estimate of drug-likeness (QED) is 0.311. The van der Waals surface area contributed by atoms with E-state index < -0.39 is 0 Å². The van der Waals surface area contributed by atoms with Gasteiger partial charge in [0.1, 0.15) is 15.8 Å². The lowest BCUT2D eigenvalue weighted by Gasteiger charge is -2.16. The van der Waals surface area contributed by atoms with Crippen molar-refractivity contribution in [3.8, 4) is 11.5 Å². The van der Waals surface area contributed by atoms with Gasteiger partial charge >= 0.3 is 0 Å². The zero-order valence-electron chi connectivity index (χ0n) is 15.7. The summed E-state index contributed by atoms with van der Waals surface area (Å²) in [7, 11) is 0. The molecule has 1 aliphatic rings. The summed E-state index contributed by atoms with van der Waals surface area (Å²) >= 11 is 10.1. The second-order valence-corrected chi connectivity index (χ2v) is 9.03. The Morgan fingerprint density at radius 2 is 1.63 bits per heavy atom. The number of amides is 1. The lowest BCUT2D eigenvalue weighted by Crippen LogP contribution is -2.33. The summed E-state index contributed by atoms with van der Waals surface area (Å²) in [5.74, 6) is 1.44. The monoisotopic (exact) mass is 496 g/mol. The second-order valence-electron chi connectivity index (χ2n) is 6.44. The van der Waals surface area contributed by atoms with Crippen LogP contribution in [0.15, 0.2) is 88.2 Å². The van der Waals surface area contributed by atoms with Crippen molar-refractivity contribution in [1.82, 2.24) is 4.90 Å². The van der Waals surface area contributed by atoms with Crippen LogP contribution in [0.4, 0.5) is 5.69 Å². The number of carbonyl (C=O) groups excluding carboxylic acids is 1. The normalized spacial score (nSPS) is 15.0. The number of ether oxygens (including phenoxy) is 1. The molecule has 0 spiro atoms. The summed E-state index contributed by atoms with van der Waals surface area (Å²) in [6.07, 6.45) is 1.86. The molecular weight excluding hydrogens is 480 g/mol. The van der Waals surface area contributed by atoms with Crippen LogP contribution >= 0.6 is 39.9 Å². The lowest BCUT2D eigenvalue weighted by atomic mass is 10.2. The number of nitrogens with zero attached hydrogens (tertiary/aromatic N) is 1. The number of nitrogens with one attached hydrogen (secondary N) is 1. The first-order chi connectivity index (χ1) is 14.6. The Labute approximate surface area is 193 Å². The summed E-state index contributed by atoms with van der Waals surface area (Å²) in [6.45, 7) is 0.307. The Kier molecular flexibility index (Phi) is 6.52. The van der Waals surface area contributed by atoms with Crippen molar-refractivity contribution >= 4 is 61.9 Å². The molecule has 30 heavy (non-hydrogen) atoms. The highest BCUT2D eigenvalue weighted by atomic mass is 79.9. The Bertz CT molecular complexity index is 1080. The van der Waals surface area contributed by atoms with E-state index in [-0.39, 0.29) is 5.91 Å². The number of hydrogen-bond donors (Lipinski definition) is 1. The van der Waals surface area contributed by atoms with Gasteiger partial charge in [0.15, 0.2) is 0 Å². The minimum absolute atomic E-state index is 0.0931. The third-order valence-corrected chi connectivity index (χ3v) is 6.22. The van der Waals surface area contributed by atoms with E-state index >= 15 is 0 Å². The summed E-state index contributed by atoms with van der Waals surface area (Å²) in [5.41, 5.74) is 1.84. The largest absolute Gasteiger partial charge is 0.457 e. The number of thioether (sulfide) groups is 1. The Balaban J connectivity index is 1.37. The number of hydrogen-bond acceptors (Lipinski definition) is 5. The predicted molar refractivity (Wildman–Crippen MR) is 131 cm³/mol. The van der Waals surface area contributed by atoms with Crippen molar-refractivity contribution in [2.45, 2.75) is 0 Å². The maximum absolute atomic E-state index is 12.7. The topological polar surface area (TPSA) is 41.6 Å². The van der Waals surface area contributed by atoms with E-state index in [1.165, 1.54) is 11.8 Å². The van der Waals surface area contributed by atoms with Crippen LogP contribution < -0.4 is 10.1 Å². The molecule has 3 aromatic carbocycles. The van der Waals surface area contributed by atoms with Crippen LogP contribution in [0.3, 0.4) is 0 Å². The number of para-hydroxylation sites is 1. The Hall–Kier alpha value is -2.61. The molecule has 4 rings (SSSR count). The number of thiocarbonyl (C=S) groups is 1. The maximum Gasteiger partial charge on any atom is 0.267 e. The molecule has 1 aliphatic heterocycles. The average molecular weight is 497 g/mol. The molecule has 7 heteroatoms. The van der Waals surface area contributed by atoms with Crippen LogP contribution in [0.25, 0.3) is 6.08 Å². The van der Waals surface area contributed by atoms with Gasteiger partial charge in [0.25, 0.3) is 5.91 Å². The number of anilines is 1. The average Bonchev–Trinajstić information content (AvgIpc) is 3.02. The van der Waals surface area contributed by atoms with Gasteiger partial charge in [0.05, 0.1) is 11.6 Å². The summed E-state index contributed by atoms with van der Waals surface area (Å²) in [5, 5.41) is 3.25. The predicted octanol–water partition coefficient (Wildman–Crippen LogP) is 6.51. The van der Waals surface area contributed by atoms with E-state index in [2.05, 4.69) is 21.2 Å². The fourth-order valence-electron chi connectivity index (χ4n) is 2.78. The third-order valence-electron chi connectivity index (χ3n) is 4.32. The van der Waals surface area contributed by atoms with Crippen LogP contribution in [0, 0.1) is 0 Å². The van der Waals surface area contributed by atoms with E-state index in [9.17, 15) is 4.79 Å². The standard InChI is InChI=1S/C23H17BrN2O2S2/c24-17-8-6-16(7-9-17)14-21-22(27)26(23(29)30-21)15-25-18-10-12-20(13-11-18)28-19-4-2-1-3-5-19/h1-14,25H,15H2/b21-14+. The van der Waals surface area contributed by atoms with Crippen LogP contribution in [0.5, 0.6) is 11.5 Å². The smallest absolute Gasteiger partial charge is 0.267 e. The minimum atomic E-state index is -0.0931. The van der Waals surface area contributed by atoms with Gasteiger partial charge in [-0.2, -0.15) is 0 Å². The van der Waals surface area contributed by atoms with Gasteiger partial charge in [-0.1, -0.05) is 70.2 Å². The van der Waals surface area contributed by atoms with Gasteiger partial charge in [0.2, 0.25) is 0 Å². The second kappa shape index (κ2) is 9.47. The number of carbonyl (C=O) groups is 1. The van der Waals surface area contributed by atoms with Crippen molar-refractivity contribution in [3.63, 3.8) is 0 Å². The van der Waals surface area contributed by atoms with Crippen molar-refractivity contribution in [2.75, 3.05) is 12.0 Å². The van der Waals surface area contributed by atoms with E-state index in [0.29, 0.717) is 15.9 Å². The fourth-order valence-corrected chi connectivity index (χ4v) is 4.30. The van der Waals surface area contributed by atoms with Gasteiger partial charge in [0, 0.05) is 10.2 Å². The maximum atomic E-state index is 12.7. The summed E-state index contributed by atoms with van der Waals surface area (Å²) in [4.78, 5) is 14.9. The number of benzene rings is 3. The molecule has 1 fully saturated rings. The lowest BCUT2D eigenvalue weighted by molar-refractivity contribution is -0.121. The Morgan fingerprint density at radius 1 is 0.967 bits per heavy atom. The van der Waals surface area contributed by atoms with Crippen LogP contribution in [-0.2, 0) is 4.79 Å². The van der Waals surface area contributed by atoms with Crippen molar-refractivity contribution in [1.29, 1.82) is 0 Å². The first-order valence-electron chi connectivity index (χ1n) is 9.16. The number of rotatable bonds is 6. The molecule has 0 saturated carbocycles. The molecule has 150 valence electrons. The molecule has 1 N–H and O–H groups in total. The van der Waals surface area contributed by atoms with Crippen LogP contribution in [0.1, 0.15) is 5.56 Å². The zero-order chi connectivity index (χ0) is 20.9. The van der Waals surface area contributed by atoms with Gasteiger partial charge in [-0.05, 0) is 60.2 Å². The Morgan fingerprint density at radius 3 is 2.33 bits per heavy atom. The number of halogens is 1. The summed E-state index contributed by atoms with van der Waals surface area (Å²) < 4.78 is 7.33. The van der Waals surface area contributed by atoms with E-state index in [1.807, 2.05) is 84.9 Å². The van der Waals surface area contributed by atoms with Gasteiger partial charge in [-0.3, -0.25) is 9.69 Å². The molecule has 0 aliphatic carbocycles.